The first kappa shape index (κ1) is 21.0. The highest BCUT2D eigenvalue weighted by molar-refractivity contribution is 5.85. The van der Waals surface area contributed by atoms with Gasteiger partial charge in [0.25, 0.3) is 0 Å². The fourth-order valence-corrected chi connectivity index (χ4v) is 4.24. The van der Waals surface area contributed by atoms with Crippen LogP contribution in [0.4, 0.5) is 0 Å². The number of nitrogens with one attached hydrogen (secondary N) is 1. The molecule has 0 saturated carbocycles. The molecule has 1 saturated heterocycles. The largest absolute Gasteiger partial charge is 0.353 e. The van der Waals surface area contributed by atoms with Gasteiger partial charge in [0, 0.05) is 43.5 Å². The number of rotatable bonds is 6. The first-order chi connectivity index (χ1) is 13.9. The maximum Gasteiger partial charge on any atom is 0.228 e. The smallest absolute Gasteiger partial charge is 0.228 e. The zero-order valence-electron chi connectivity index (χ0n) is 17.6. The number of nitrogens with zero attached hydrogens (tertiary/aromatic N) is 2. The summed E-state index contributed by atoms with van der Waals surface area (Å²) in [5.74, 6) is 0.161. The topological polar surface area (TPSA) is 62.3 Å². The van der Waals surface area contributed by atoms with Crippen molar-refractivity contribution in [1.82, 2.24) is 15.2 Å². The molecule has 1 aliphatic rings. The number of likely N-dealkylation sites (tertiary alicyclic amines) is 1. The molecule has 2 heterocycles. The van der Waals surface area contributed by atoms with Crippen LogP contribution in [-0.4, -0.2) is 40.8 Å². The lowest BCUT2D eigenvalue weighted by molar-refractivity contribution is -0.141. The maximum atomic E-state index is 13.4. The van der Waals surface area contributed by atoms with Gasteiger partial charge in [-0.25, -0.2) is 0 Å². The molecule has 3 rings (SSSR count). The maximum absolute atomic E-state index is 13.4. The number of pyridine rings is 1. The molecule has 5 nitrogen and oxygen atoms in total. The van der Waals surface area contributed by atoms with E-state index in [-0.39, 0.29) is 17.9 Å². The van der Waals surface area contributed by atoms with Crippen molar-refractivity contribution in [2.45, 2.75) is 52.5 Å². The highest BCUT2D eigenvalue weighted by atomic mass is 16.2. The Labute approximate surface area is 173 Å². The van der Waals surface area contributed by atoms with Crippen LogP contribution >= 0.6 is 0 Å². The molecule has 2 aromatic rings. The third kappa shape index (κ3) is 4.84. The second kappa shape index (κ2) is 9.21. The van der Waals surface area contributed by atoms with Gasteiger partial charge in [-0.15, -0.1) is 0 Å². The van der Waals surface area contributed by atoms with Gasteiger partial charge < -0.3 is 10.2 Å². The average Bonchev–Trinajstić information content (AvgIpc) is 2.74. The summed E-state index contributed by atoms with van der Waals surface area (Å²) in [6.45, 7) is 7.04. The number of carbonyl (C=O) groups is 2. The Bertz CT molecular complexity index is 850. The van der Waals surface area contributed by atoms with Gasteiger partial charge in [0.15, 0.2) is 0 Å². The number of hydrogen-bond donors (Lipinski definition) is 1. The molecule has 29 heavy (non-hydrogen) atoms. The van der Waals surface area contributed by atoms with E-state index in [1.807, 2.05) is 56.1 Å². The molecule has 1 unspecified atom stereocenters. The molecule has 1 aliphatic heterocycles. The second-order valence-electron chi connectivity index (χ2n) is 8.26. The zero-order chi connectivity index (χ0) is 20.9. The Morgan fingerprint density at radius 3 is 2.69 bits per heavy atom. The van der Waals surface area contributed by atoms with Crippen LogP contribution < -0.4 is 5.32 Å². The van der Waals surface area contributed by atoms with Gasteiger partial charge in [0.1, 0.15) is 0 Å². The lowest BCUT2D eigenvalue weighted by Gasteiger charge is -2.42. The molecule has 0 radical (unpaired) electrons. The lowest BCUT2D eigenvalue weighted by Crippen LogP contribution is -2.55. The number of piperidine rings is 1. The minimum absolute atomic E-state index is 0.0436. The van der Waals surface area contributed by atoms with E-state index in [4.69, 9.17) is 0 Å². The van der Waals surface area contributed by atoms with Crippen LogP contribution in [0.5, 0.6) is 0 Å². The Kier molecular flexibility index (Phi) is 6.68. The molecule has 0 bridgehead atoms. The normalized spacial score (nSPS) is 19.2. The first-order valence-electron chi connectivity index (χ1n) is 10.5. The van der Waals surface area contributed by atoms with Gasteiger partial charge in [-0.3, -0.25) is 14.6 Å². The Balaban J connectivity index is 1.98. The Hall–Kier alpha value is -2.69. The molecule has 1 aromatic heterocycles. The molecule has 1 atom stereocenters. The van der Waals surface area contributed by atoms with Crippen molar-refractivity contribution in [2.75, 3.05) is 13.1 Å². The predicted octanol–water partition coefficient (Wildman–Crippen LogP) is 3.83. The summed E-state index contributed by atoms with van der Waals surface area (Å²) in [4.78, 5) is 31.9. The van der Waals surface area contributed by atoms with E-state index in [1.165, 1.54) is 0 Å². The van der Waals surface area contributed by atoms with Crippen molar-refractivity contribution in [3.63, 3.8) is 0 Å². The van der Waals surface area contributed by atoms with Crippen LogP contribution in [0.15, 0.2) is 48.8 Å². The fraction of sp³-hybridized carbons (Fsp3) is 0.458. The molecular weight excluding hydrogens is 362 g/mol. The molecule has 2 amide bonds. The predicted molar refractivity (Wildman–Crippen MR) is 115 cm³/mol. The van der Waals surface area contributed by atoms with Crippen LogP contribution in [0.25, 0.3) is 11.1 Å². The quantitative estimate of drug-likeness (QED) is 0.811. The van der Waals surface area contributed by atoms with Crippen molar-refractivity contribution >= 4 is 11.8 Å². The van der Waals surface area contributed by atoms with E-state index in [2.05, 4.69) is 22.4 Å². The Morgan fingerprint density at radius 2 is 2.00 bits per heavy atom. The van der Waals surface area contributed by atoms with Crippen LogP contribution in [0.2, 0.25) is 0 Å². The van der Waals surface area contributed by atoms with Crippen molar-refractivity contribution in [3.8, 4) is 11.1 Å². The van der Waals surface area contributed by atoms with Gasteiger partial charge in [-0.1, -0.05) is 37.3 Å². The monoisotopic (exact) mass is 393 g/mol. The molecule has 1 fully saturated rings. The summed E-state index contributed by atoms with van der Waals surface area (Å²) in [5.41, 5.74) is 2.63. The van der Waals surface area contributed by atoms with Gasteiger partial charge in [0.05, 0.1) is 5.41 Å². The molecule has 1 N–H and O–H groups in total. The minimum Gasteiger partial charge on any atom is -0.353 e. The van der Waals surface area contributed by atoms with Crippen LogP contribution in [0.3, 0.4) is 0 Å². The van der Waals surface area contributed by atoms with E-state index < -0.39 is 5.41 Å². The number of carbonyl (C=O) groups excluding carboxylic acids is 2. The van der Waals surface area contributed by atoms with Gasteiger partial charge in [-0.2, -0.15) is 0 Å². The molecule has 5 heteroatoms. The average molecular weight is 394 g/mol. The second-order valence-corrected chi connectivity index (χ2v) is 8.26. The number of aromatic nitrogens is 1. The zero-order valence-corrected chi connectivity index (χ0v) is 17.6. The summed E-state index contributed by atoms with van der Waals surface area (Å²) in [6.07, 6.45) is 6.30. The molecule has 1 aromatic carbocycles. The van der Waals surface area contributed by atoms with Crippen molar-refractivity contribution in [3.05, 3.63) is 54.4 Å². The Morgan fingerprint density at radius 1 is 1.21 bits per heavy atom. The van der Waals surface area contributed by atoms with Crippen molar-refractivity contribution in [1.29, 1.82) is 0 Å². The van der Waals surface area contributed by atoms with Crippen LogP contribution in [0, 0.1) is 5.41 Å². The van der Waals surface area contributed by atoms with Crippen molar-refractivity contribution in [2.24, 2.45) is 5.41 Å². The van der Waals surface area contributed by atoms with E-state index in [0.29, 0.717) is 19.4 Å². The number of hydrogen-bond acceptors (Lipinski definition) is 3. The van der Waals surface area contributed by atoms with E-state index >= 15 is 0 Å². The standard InChI is InChI=1S/C24H31N3O2/c1-4-22(28)27-14-8-12-24(17-27,23(29)26-18(2)3)15-19-9-5-6-11-21(19)20-10-7-13-25-16-20/h5-7,9-11,13,16,18H,4,8,12,14-15,17H2,1-3H3,(H,26,29). The van der Waals surface area contributed by atoms with E-state index in [0.717, 1.165) is 36.1 Å². The minimum atomic E-state index is -0.619. The number of amides is 2. The van der Waals surface area contributed by atoms with Gasteiger partial charge in [-0.05, 0) is 50.3 Å². The summed E-state index contributed by atoms with van der Waals surface area (Å²) < 4.78 is 0. The fourth-order valence-electron chi connectivity index (χ4n) is 4.24. The van der Waals surface area contributed by atoms with Crippen LogP contribution in [0.1, 0.15) is 45.6 Å². The third-order valence-corrected chi connectivity index (χ3v) is 5.65. The lowest BCUT2D eigenvalue weighted by atomic mass is 9.73. The summed E-state index contributed by atoms with van der Waals surface area (Å²) in [5, 5.41) is 3.12. The third-order valence-electron chi connectivity index (χ3n) is 5.65. The number of benzene rings is 1. The van der Waals surface area contributed by atoms with E-state index in [1.54, 1.807) is 6.20 Å². The summed E-state index contributed by atoms with van der Waals surface area (Å²) in [6, 6.07) is 12.2. The van der Waals surface area contributed by atoms with Gasteiger partial charge >= 0.3 is 0 Å². The van der Waals surface area contributed by atoms with Crippen LogP contribution in [-0.2, 0) is 16.0 Å². The summed E-state index contributed by atoms with van der Waals surface area (Å²) >= 11 is 0. The SMILES string of the molecule is CCC(=O)N1CCCC(Cc2ccccc2-c2cccnc2)(C(=O)NC(C)C)C1. The highest BCUT2D eigenvalue weighted by Crippen LogP contribution is 2.37. The first-order valence-corrected chi connectivity index (χ1v) is 10.5. The highest BCUT2D eigenvalue weighted by Gasteiger charge is 2.43. The molecular formula is C24H31N3O2. The molecule has 0 spiro atoms. The van der Waals surface area contributed by atoms with Crippen molar-refractivity contribution < 1.29 is 9.59 Å². The molecule has 0 aliphatic carbocycles. The molecule has 154 valence electrons. The summed E-state index contributed by atoms with van der Waals surface area (Å²) in [7, 11) is 0. The van der Waals surface area contributed by atoms with Gasteiger partial charge in [0.2, 0.25) is 11.8 Å². The van der Waals surface area contributed by atoms with E-state index in [9.17, 15) is 9.59 Å².